The highest BCUT2D eigenvalue weighted by Crippen LogP contribution is 2.23. The third-order valence-electron chi connectivity index (χ3n) is 3.89. The van der Waals surface area contributed by atoms with Gasteiger partial charge in [-0.1, -0.05) is 56.3 Å². The van der Waals surface area contributed by atoms with E-state index >= 15 is 0 Å². The SMILES string of the molecule is C=C(C)c1ccc(/C=C/C(F)(F)S)cc1C.CC.Cc1nccc2cccnc12. The van der Waals surface area contributed by atoms with Gasteiger partial charge in [0.05, 0.1) is 11.2 Å². The number of hydrogen-bond acceptors (Lipinski definition) is 3. The van der Waals surface area contributed by atoms with Gasteiger partial charge in [-0.2, -0.15) is 8.78 Å². The zero-order chi connectivity index (χ0) is 22.0. The van der Waals surface area contributed by atoms with Crippen molar-refractivity contribution in [1.29, 1.82) is 0 Å². The molecule has 3 rings (SSSR count). The lowest BCUT2D eigenvalue weighted by Gasteiger charge is -2.06. The molecule has 0 atom stereocenters. The van der Waals surface area contributed by atoms with Crippen LogP contribution < -0.4 is 0 Å². The number of thiol groups is 1. The van der Waals surface area contributed by atoms with E-state index < -0.39 is 5.25 Å². The number of halogens is 2. The van der Waals surface area contributed by atoms with E-state index in [4.69, 9.17) is 0 Å². The van der Waals surface area contributed by atoms with Gasteiger partial charge in [-0.3, -0.25) is 9.97 Å². The zero-order valence-corrected chi connectivity index (χ0v) is 18.5. The Hall–Kier alpha value is -2.53. The first-order valence-electron chi connectivity index (χ1n) is 9.39. The molecular weight excluding hydrogens is 386 g/mol. The van der Waals surface area contributed by atoms with E-state index in [2.05, 4.69) is 29.2 Å². The average molecular weight is 415 g/mol. The molecule has 0 bridgehead atoms. The first-order valence-corrected chi connectivity index (χ1v) is 9.84. The van der Waals surface area contributed by atoms with Crippen LogP contribution >= 0.6 is 12.6 Å². The summed E-state index contributed by atoms with van der Waals surface area (Å²) in [5.41, 5.74) is 5.76. The highest BCUT2D eigenvalue weighted by Gasteiger charge is 2.16. The third kappa shape index (κ3) is 8.16. The molecule has 2 aromatic heterocycles. The van der Waals surface area contributed by atoms with Crippen molar-refractivity contribution in [3.63, 3.8) is 0 Å². The molecule has 29 heavy (non-hydrogen) atoms. The van der Waals surface area contributed by atoms with Crippen LogP contribution in [0.1, 0.15) is 43.2 Å². The van der Waals surface area contributed by atoms with Crippen LogP contribution in [0.5, 0.6) is 0 Å². The number of aromatic nitrogens is 2. The fourth-order valence-corrected chi connectivity index (χ4v) is 2.69. The summed E-state index contributed by atoms with van der Waals surface area (Å²) in [6.45, 7) is 13.7. The first kappa shape index (κ1) is 24.5. The van der Waals surface area contributed by atoms with Crippen LogP contribution in [0.15, 0.2) is 61.4 Å². The average Bonchev–Trinajstić information content (AvgIpc) is 2.68. The van der Waals surface area contributed by atoms with Crippen molar-refractivity contribution in [2.45, 2.75) is 39.9 Å². The number of nitrogens with zero attached hydrogens (tertiary/aromatic N) is 2. The quantitative estimate of drug-likeness (QED) is 0.448. The second kappa shape index (κ2) is 11.5. The lowest BCUT2D eigenvalue weighted by atomic mass is 10.0. The summed E-state index contributed by atoms with van der Waals surface area (Å²) in [6.07, 6.45) is 5.73. The Kier molecular flexibility index (Phi) is 9.69. The molecule has 2 nitrogen and oxygen atoms in total. The lowest BCUT2D eigenvalue weighted by molar-refractivity contribution is 0.166. The summed E-state index contributed by atoms with van der Waals surface area (Å²) in [5.74, 6) is 0. The summed E-state index contributed by atoms with van der Waals surface area (Å²) in [7, 11) is 0. The summed E-state index contributed by atoms with van der Waals surface area (Å²) in [4.78, 5) is 8.36. The first-order chi connectivity index (χ1) is 13.7. The topological polar surface area (TPSA) is 25.8 Å². The minimum absolute atomic E-state index is 0.733. The van der Waals surface area contributed by atoms with Gasteiger partial charge in [-0.05, 0) is 55.7 Å². The molecule has 0 N–H and O–H groups in total. The van der Waals surface area contributed by atoms with E-state index in [0.29, 0.717) is 0 Å². The number of allylic oxidation sites excluding steroid dienone is 1. The van der Waals surface area contributed by atoms with Crippen LogP contribution in [0, 0.1) is 13.8 Å². The lowest BCUT2D eigenvalue weighted by Crippen LogP contribution is -1.98. The molecular formula is C24H28F2N2S. The Morgan fingerprint density at radius 2 is 1.76 bits per heavy atom. The fraction of sp³-hybridized carbons (Fsp3) is 0.250. The van der Waals surface area contributed by atoms with Gasteiger partial charge in [-0.15, -0.1) is 12.6 Å². The number of fused-ring (bicyclic) bond motifs is 1. The largest absolute Gasteiger partial charge is 0.310 e. The number of rotatable bonds is 3. The van der Waals surface area contributed by atoms with E-state index in [9.17, 15) is 8.78 Å². The van der Waals surface area contributed by atoms with Crippen LogP contribution in [-0.2, 0) is 0 Å². The molecule has 0 saturated heterocycles. The molecule has 0 radical (unpaired) electrons. The molecule has 0 amide bonds. The predicted octanol–water partition coefficient (Wildman–Crippen LogP) is 7.53. The van der Waals surface area contributed by atoms with Gasteiger partial charge in [0, 0.05) is 17.8 Å². The number of aryl methyl sites for hydroxylation is 2. The van der Waals surface area contributed by atoms with Gasteiger partial charge < -0.3 is 0 Å². The fourth-order valence-electron chi connectivity index (χ4n) is 2.61. The molecule has 0 spiro atoms. The highest BCUT2D eigenvalue weighted by molar-refractivity contribution is 7.81. The molecule has 154 valence electrons. The number of hydrogen-bond donors (Lipinski definition) is 1. The van der Waals surface area contributed by atoms with Crippen LogP contribution in [-0.4, -0.2) is 15.2 Å². The van der Waals surface area contributed by atoms with Gasteiger partial charge in [-0.25, -0.2) is 0 Å². The smallest absolute Gasteiger partial charge is 0.259 e. The number of pyridine rings is 2. The standard InChI is InChI=1S/C13H14F2S.C9H8N2.C2H6/c1-9(2)12-5-4-11(8-10(12)3)6-7-13(14,15)16;1-7-9-8(4-6-10-7)3-2-5-11-9;1-2/h4-8,16H,1H2,2-3H3;2-6H,1H3;1-2H3/b7-6+;;. The van der Waals surface area contributed by atoms with Gasteiger partial charge >= 0.3 is 5.25 Å². The van der Waals surface area contributed by atoms with Gasteiger partial charge in [0.1, 0.15) is 0 Å². The van der Waals surface area contributed by atoms with Gasteiger partial charge in [0.15, 0.2) is 0 Å². The van der Waals surface area contributed by atoms with Crippen molar-refractivity contribution in [3.8, 4) is 0 Å². The predicted molar refractivity (Wildman–Crippen MR) is 124 cm³/mol. The Labute approximate surface area is 177 Å². The van der Waals surface area contributed by atoms with Gasteiger partial charge in [0.25, 0.3) is 0 Å². The zero-order valence-electron chi connectivity index (χ0n) is 17.6. The normalized spacial score (nSPS) is 10.8. The van der Waals surface area contributed by atoms with Gasteiger partial charge in [0.2, 0.25) is 0 Å². The summed E-state index contributed by atoms with van der Waals surface area (Å²) in [6, 6.07) is 11.5. The maximum Gasteiger partial charge on any atom is 0.310 e. The van der Waals surface area contributed by atoms with Crippen molar-refractivity contribution in [2.75, 3.05) is 0 Å². The minimum atomic E-state index is -3.07. The number of benzene rings is 1. The summed E-state index contributed by atoms with van der Waals surface area (Å²) in [5, 5.41) is -1.92. The maximum absolute atomic E-state index is 12.5. The van der Waals surface area contributed by atoms with Crippen LogP contribution in [0.25, 0.3) is 22.6 Å². The van der Waals surface area contributed by atoms with Crippen molar-refractivity contribution in [2.24, 2.45) is 0 Å². The highest BCUT2D eigenvalue weighted by atomic mass is 32.1. The van der Waals surface area contributed by atoms with Crippen molar-refractivity contribution < 1.29 is 8.78 Å². The second-order valence-electron chi connectivity index (χ2n) is 6.25. The van der Waals surface area contributed by atoms with E-state index in [0.717, 1.165) is 44.9 Å². The van der Waals surface area contributed by atoms with Crippen molar-refractivity contribution in [1.82, 2.24) is 9.97 Å². The monoisotopic (exact) mass is 414 g/mol. The maximum atomic E-state index is 12.5. The van der Waals surface area contributed by atoms with Crippen molar-refractivity contribution in [3.05, 3.63) is 83.8 Å². The molecule has 3 aromatic rings. The molecule has 0 aliphatic carbocycles. The third-order valence-corrected chi connectivity index (χ3v) is 4.04. The molecule has 0 unspecified atom stereocenters. The summed E-state index contributed by atoms with van der Waals surface area (Å²) >= 11 is 3.13. The Bertz CT molecular complexity index is 971. The summed E-state index contributed by atoms with van der Waals surface area (Å²) < 4.78 is 25.0. The second-order valence-corrected chi connectivity index (χ2v) is 6.84. The van der Waals surface area contributed by atoms with Crippen LogP contribution in [0.4, 0.5) is 8.78 Å². The van der Waals surface area contributed by atoms with Crippen LogP contribution in [0.2, 0.25) is 0 Å². The molecule has 0 fully saturated rings. The van der Waals surface area contributed by atoms with Crippen molar-refractivity contribution >= 4 is 35.2 Å². The number of alkyl halides is 2. The molecule has 2 heterocycles. The molecule has 0 aliphatic heterocycles. The minimum Gasteiger partial charge on any atom is -0.259 e. The Morgan fingerprint density at radius 3 is 2.31 bits per heavy atom. The van der Waals surface area contributed by atoms with E-state index in [1.165, 1.54) is 6.08 Å². The molecule has 1 aromatic carbocycles. The molecule has 5 heteroatoms. The Morgan fingerprint density at radius 1 is 1.07 bits per heavy atom. The van der Waals surface area contributed by atoms with Crippen LogP contribution in [0.3, 0.4) is 0 Å². The Balaban J connectivity index is 0.000000280. The van der Waals surface area contributed by atoms with E-state index in [-0.39, 0.29) is 0 Å². The van der Waals surface area contributed by atoms with E-state index in [1.807, 2.05) is 65.0 Å². The van der Waals surface area contributed by atoms with E-state index in [1.54, 1.807) is 18.5 Å². The molecule has 0 aliphatic rings. The molecule has 0 saturated carbocycles.